The smallest absolute Gasteiger partial charge is 0.0245 e. The number of hydrogen-bond donors (Lipinski definition) is 1. The first-order valence-corrected chi connectivity index (χ1v) is 6.98. The highest BCUT2D eigenvalue weighted by Gasteiger charge is 2.32. The van der Waals surface area contributed by atoms with Crippen LogP contribution in [0.2, 0.25) is 0 Å². The van der Waals surface area contributed by atoms with Gasteiger partial charge in [0.2, 0.25) is 0 Å². The molecule has 1 atom stereocenters. The Morgan fingerprint density at radius 2 is 1.88 bits per heavy atom. The van der Waals surface area contributed by atoms with Gasteiger partial charge in [0.15, 0.2) is 0 Å². The van der Waals surface area contributed by atoms with Crippen LogP contribution in [0.15, 0.2) is 0 Å². The number of nitrogens with one attached hydrogen (secondary N) is 1. The van der Waals surface area contributed by atoms with E-state index in [-0.39, 0.29) is 0 Å². The first-order chi connectivity index (χ1) is 7.92. The van der Waals surface area contributed by atoms with Gasteiger partial charge in [0.05, 0.1) is 0 Å². The van der Waals surface area contributed by atoms with Crippen molar-refractivity contribution >= 4 is 0 Å². The van der Waals surface area contributed by atoms with Gasteiger partial charge in [-0.3, -0.25) is 0 Å². The lowest BCUT2D eigenvalue weighted by Gasteiger charge is -2.41. The largest absolute Gasteiger partial charge is 0.312 e. The first kappa shape index (κ1) is 14.9. The van der Waals surface area contributed by atoms with E-state index < -0.39 is 0 Å². The maximum Gasteiger partial charge on any atom is 0.0245 e. The highest BCUT2D eigenvalue weighted by molar-refractivity contribution is 4.89. The van der Waals surface area contributed by atoms with Crippen molar-refractivity contribution in [1.29, 1.82) is 0 Å². The van der Waals surface area contributed by atoms with Gasteiger partial charge < -0.3 is 15.1 Å². The van der Waals surface area contributed by atoms with Crippen LogP contribution in [-0.2, 0) is 0 Å². The third kappa shape index (κ3) is 5.36. The Bertz CT molecular complexity index is 214. The van der Waals surface area contributed by atoms with Crippen LogP contribution in [0.1, 0.15) is 33.1 Å². The van der Waals surface area contributed by atoms with Gasteiger partial charge in [-0.05, 0) is 65.5 Å². The minimum Gasteiger partial charge on any atom is -0.312 e. The van der Waals surface area contributed by atoms with E-state index in [1.165, 1.54) is 45.4 Å². The number of likely N-dealkylation sites (N-methyl/N-ethyl adjacent to an activating group) is 1. The predicted molar refractivity (Wildman–Crippen MR) is 75.5 cm³/mol. The minimum absolute atomic E-state index is 0.452. The molecule has 0 amide bonds. The molecular formula is C14H31N3. The number of hydrogen-bond acceptors (Lipinski definition) is 3. The molecule has 0 saturated carbocycles. The summed E-state index contributed by atoms with van der Waals surface area (Å²) in [4.78, 5) is 4.74. The summed E-state index contributed by atoms with van der Waals surface area (Å²) in [5, 5.41) is 3.69. The molecule has 0 bridgehead atoms. The fourth-order valence-electron chi connectivity index (χ4n) is 2.64. The fraction of sp³-hybridized carbons (Fsp3) is 1.00. The van der Waals surface area contributed by atoms with E-state index in [1.807, 2.05) is 0 Å². The van der Waals surface area contributed by atoms with Crippen LogP contribution in [0, 0.1) is 5.41 Å². The summed E-state index contributed by atoms with van der Waals surface area (Å²) in [6.07, 6.45) is 3.95. The van der Waals surface area contributed by atoms with E-state index in [2.05, 4.69) is 50.1 Å². The fourth-order valence-corrected chi connectivity index (χ4v) is 2.64. The molecule has 1 N–H and O–H groups in total. The van der Waals surface area contributed by atoms with Gasteiger partial charge in [0.25, 0.3) is 0 Å². The summed E-state index contributed by atoms with van der Waals surface area (Å²) in [6, 6.07) is 0.653. The van der Waals surface area contributed by atoms with Crippen molar-refractivity contribution in [2.24, 2.45) is 5.41 Å². The predicted octanol–water partition coefficient (Wildman–Crippen LogP) is 1.65. The summed E-state index contributed by atoms with van der Waals surface area (Å²) >= 11 is 0. The van der Waals surface area contributed by atoms with Gasteiger partial charge in [0.1, 0.15) is 0 Å². The molecule has 3 heteroatoms. The Kier molecular flexibility index (Phi) is 5.90. The molecule has 102 valence electrons. The zero-order chi connectivity index (χ0) is 12.9. The van der Waals surface area contributed by atoms with Gasteiger partial charge in [0, 0.05) is 12.6 Å². The van der Waals surface area contributed by atoms with Crippen LogP contribution in [0.3, 0.4) is 0 Å². The second kappa shape index (κ2) is 6.72. The van der Waals surface area contributed by atoms with Crippen LogP contribution in [-0.4, -0.2) is 63.2 Å². The van der Waals surface area contributed by atoms with Crippen LogP contribution in [0.4, 0.5) is 0 Å². The first-order valence-electron chi connectivity index (χ1n) is 6.98. The Morgan fingerprint density at radius 3 is 2.47 bits per heavy atom. The summed E-state index contributed by atoms with van der Waals surface area (Å²) in [5.74, 6) is 0. The maximum absolute atomic E-state index is 3.69. The molecule has 0 aromatic rings. The van der Waals surface area contributed by atoms with E-state index in [0.717, 1.165) is 0 Å². The van der Waals surface area contributed by atoms with Gasteiger partial charge in [-0.2, -0.15) is 0 Å². The molecule has 0 spiro atoms. The van der Waals surface area contributed by atoms with Crippen LogP contribution in [0.25, 0.3) is 0 Å². The van der Waals surface area contributed by atoms with E-state index in [1.54, 1.807) is 0 Å². The van der Waals surface area contributed by atoms with Gasteiger partial charge in [-0.1, -0.05) is 13.8 Å². The van der Waals surface area contributed by atoms with Crippen molar-refractivity contribution in [2.75, 3.05) is 47.3 Å². The Hall–Kier alpha value is -0.120. The highest BCUT2D eigenvalue weighted by atomic mass is 15.1. The Morgan fingerprint density at radius 1 is 1.18 bits per heavy atom. The summed E-state index contributed by atoms with van der Waals surface area (Å²) < 4.78 is 0. The van der Waals surface area contributed by atoms with E-state index in [0.29, 0.717) is 11.5 Å². The zero-order valence-corrected chi connectivity index (χ0v) is 12.4. The van der Waals surface area contributed by atoms with E-state index >= 15 is 0 Å². The molecule has 1 fully saturated rings. The molecule has 1 unspecified atom stereocenters. The molecule has 1 aliphatic rings. The lowest BCUT2D eigenvalue weighted by Crippen LogP contribution is -2.52. The molecule has 1 saturated heterocycles. The van der Waals surface area contributed by atoms with Gasteiger partial charge in [-0.25, -0.2) is 0 Å². The topological polar surface area (TPSA) is 18.5 Å². The van der Waals surface area contributed by atoms with E-state index in [9.17, 15) is 0 Å². The quantitative estimate of drug-likeness (QED) is 0.763. The molecule has 0 aliphatic carbocycles. The van der Waals surface area contributed by atoms with E-state index in [4.69, 9.17) is 0 Å². The summed E-state index contributed by atoms with van der Waals surface area (Å²) in [7, 11) is 6.54. The molecule has 0 radical (unpaired) electrons. The molecule has 1 heterocycles. The molecule has 1 rings (SSSR count). The van der Waals surface area contributed by atoms with Crippen LogP contribution >= 0.6 is 0 Å². The summed E-state index contributed by atoms with van der Waals surface area (Å²) in [6.45, 7) is 9.56. The monoisotopic (exact) mass is 241 g/mol. The average Bonchev–Trinajstić information content (AvgIpc) is 2.20. The molecule has 17 heavy (non-hydrogen) atoms. The molecular weight excluding hydrogens is 210 g/mol. The molecule has 0 aromatic heterocycles. The number of rotatable bonds is 6. The standard InChI is InChI=1S/C14H31N3/c1-14(2)8-6-9-15-13(14)12-17(5)11-7-10-16(3)4/h13,15H,6-12H2,1-5H3. The summed E-state index contributed by atoms with van der Waals surface area (Å²) in [5.41, 5.74) is 0.452. The minimum atomic E-state index is 0.452. The van der Waals surface area contributed by atoms with Crippen molar-refractivity contribution in [2.45, 2.75) is 39.2 Å². The van der Waals surface area contributed by atoms with Crippen molar-refractivity contribution < 1.29 is 0 Å². The molecule has 0 aromatic carbocycles. The van der Waals surface area contributed by atoms with Gasteiger partial charge >= 0.3 is 0 Å². The number of nitrogens with zero attached hydrogens (tertiary/aromatic N) is 2. The number of piperidine rings is 1. The zero-order valence-electron chi connectivity index (χ0n) is 12.4. The third-order valence-corrected chi connectivity index (χ3v) is 3.97. The van der Waals surface area contributed by atoms with Crippen molar-refractivity contribution in [3.63, 3.8) is 0 Å². The second-order valence-electron chi connectivity index (χ2n) is 6.52. The SMILES string of the molecule is CN(C)CCCN(C)CC1NCCCC1(C)C. The Balaban J connectivity index is 2.27. The van der Waals surface area contributed by atoms with Crippen molar-refractivity contribution in [1.82, 2.24) is 15.1 Å². The Labute approximate surface area is 108 Å². The van der Waals surface area contributed by atoms with Crippen molar-refractivity contribution in [3.8, 4) is 0 Å². The van der Waals surface area contributed by atoms with Crippen molar-refractivity contribution in [3.05, 3.63) is 0 Å². The molecule has 3 nitrogen and oxygen atoms in total. The highest BCUT2D eigenvalue weighted by Crippen LogP contribution is 2.30. The lowest BCUT2D eigenvalue weighted by molar-refractivity contribution is 0.137. The normalized spacial score (nSPS) is 24.5. The van der Waals surface area contributed by atoms with Gasteiger partial charge in [-0.15, -0.1) is 0 Å². The maximum atomic E-state index is 3.69. The third-order valence-electron chi connectivity index (χ3n) is 3.97. The lowest BCUT2D eigenvalue weighted by atomic mass is 9.77. The van der Waals surface area contributed by atoms with Crippen LogP contribution in [0.5, 0.6) is 0 Å². The average molecular weight is 241 g/mol. The van der Waals surface area contributed by atoms with Crippen LogP contribution < -0.4 is 5.32 Å². The second-order valence-corrected chi connectivity index (χ2v) is 6.52. The molecule has 1 aliphatic heterocycles.